The Kier molecular flexibility index (Phi) is 30.5. The van der Waals surface area contributed by atoms with Gasteiger partial charge in [0.1, 0.15) is 12.7 Å². The smallest absolute Gasteiger partial charge is 0.462 e. The van der Waals surface area contributed by atoms with E-state index >= 15 is 0 Å². The van der Waals surface area contributed by atoms with Crippen LogP contribution in [-0.2, 0) is 32.7 Å². The summed E-state index contributed by atoms with van der Waals surface area (Å²) in [5.74, 6) is -0.978. The van der Waals surface area contributed by atoms with E-state index < -0.39 is 51.8 Å². The summed E-state index contributed by atoms with van der Waals surface area (Å²) in [5.41, 5.74) is 0. The van der Waals surface area contributed by atoms with Gasteiger partial charge in [0.15, 0.2) is 6.10 Å². The second kappa shape index (κ2) is 31.8. The molecule has 46 heavy (non-hydrogen) atoms. The Hall–Kier alpha value is -1.81. The van der Waals surface area contributed by atoms with Gasteiger partial charge in [-0.05, 0) is 51.4 Å². The third kappa shape index (κ3) is 30.8. The molecule has 0 bridgehead atoms. The second-order valence-corrected chi connectivity index (χ2v) is 13.0. The Morgan fingerprint density at radius 1 is 0.652 bits per heavy atom. The van der Waals surface area contributed by atoms with Gasteiger partial charge < -0.3 is 24.6 Å². The van der Waals surface area contributed by atoms with Gasteiger partial charge >= 0.3 is 19.8 Å². The molecule has 0 radical (unpaired) electrons. The summed E-state index contributed by atoms with van der Waals surface area (Å²) in [6.07, 6.45) is 28.5. The number of esters is 2. The zero-order chi connectivity index (χ0) is 34.1. The summed E-state index contributed by atoms with van der Waals surface area (Å²) in [7, 11) is -4.61. The molecule has 3 atom stereocenters. The van der Waals surface area contributed by atoms with E-state index in [2.05, 4.69) is 54.8 Å². The van der Waals surface area contributed by atoms with E-state index in [-0.39, 0.29) is 19.4 Å². The number of aliphatic hydroxyl groups is 2. The lowest BCUT2D eigenvalue weighted by molar-refractivity contribution is -0.161. The highest BCUT2D eigenvalue weighted by Gasteiger charge is 2.27. The molecule has 0 heterocycles. The monoisotopic (exact) mass is 674 g/mol. The van der Waals surface area contributed by atoms with Crippen molar-refractivity contribution in [3.63, 3.8) is 0 Å². The maximum absolute atomic E-state index is 12.5. The predicted molar refractivity (Wildman–Crippen MR) is 182 cm³/mol. The van der Waals surface area contributed by atoms with Crippen LogP contribution in [0, 0.1) is 0 Å². The molecular weight excluding hydrogens is 611 g/mol. The van der Waals surface area contributed by atoms with Gasteiger partial charge in [0, 0.05) is 12.8 Å². The Bertz CT molecular complexity index is 873. The number of carbonyl (C=O) groups excluding carboxylic acids is 2. The predicted octanol–water partition coefficient (Wildman–Crippen LogP) is 8.05. The maximum atomic E-state index is 12.5. The summed E-state index contributed by atoms with van der Waals surface area (Å²) < 4.78 is 32.4. The quantitative estimate of drug-likeness (QED) is 0.0277. The van der Waals surface area contributed by atoms with Gasteiger partial charge in [-0.2, -0.15) is 0 Å². The number of phosphoric acid groups is 1. The highest BCUT2D eigenvalue weighted by molar-refractivity contribution is 7.47. The van der Waals surface area contributed by atoms with Crippen molar-refractivity contribution < 1.29 is 47.8 Å². The Balaban J connectivity index is 4.49. The molecule has 268 valence electrons. The number of carbonyl (C=O) groups is 2. The molecular formula is C35H63O10P. The van der Waals surface area contributed by atoms with Crippen LogP contribution in [0.4, 0.5) is 0 Å². The summed E-state index contributed by atoms with van der Waals surface area (Å²) in [6.45, 7) is 2.23. The fourth-order valence-electron chi connectivity index (χ4n) is 4.29. The first-order chi connectivity index (χ1) is 22.2. The van der Waals surface area contributed by atoms with Crippen LogP contribution in [0.3, 0.4) is 0 Å². The molecule has 0 spiro atoms. The largest absolute Gasteiger partial charge is 0.472 e. The highest BCUT2D eigenvalue weighted by Crippen LogP contribution is 2.43. The molecule has 0 aromatic carbocycles. The number of rotatable bonds is 32. The number of unbranched alkanes of at least 4 members (excludes halogenated alkanes) is 12. The zero-order valence-electron chi connectivity index (χ0n) is 28.5. The van der Waals surface area contributed by atoms with Crippen LogP contribution in [0.15, 0.2) is 36.5 Å². The molecule has 0 aromatic rings. The van der Waals surface area contributed by atoms with Crippen molar-refractivity contribution in [2.75, 3.05) is 26.4 Å². The molecule has 0 amide bonds. The standard InChI is InChI=1S/C35H63O10P/c1-3-5-7-9-11-13-14-15-16-17-18-19-21-23-25-27-35(39)45-33(31-44-46(40,41)43-29-32(37)28-36)30-42-34(38)26-24-22-20-12-10-8-6-4-2/h11,13,15-16,18-19,32-33,36-37H,3-10,12,14,17,20-31H2,1-2H3,(H,40,41)/b13-11+,16-15+,19-18+/t32-,33+/m0/s1. The van der Waals surface area contributed by atoms with Crippen LogP contribution in [0.5, 0.6) is 0 Å². The molecule has 0 aliphatic carbocycles. The first-order valence-electron chi connectivity index (χ1n) is 17.4. The van der Waals surface area contributed by atoms with Crippen molar-refractivity contribution in [1.82, 2.24) is 0 Å². The van der Waals surface area contributed by atoms with E-state index in [1.54, 1.807) is 0 Å². The lowest BCUT2D eigenvalue weighted by Crippen LogP contribution is -2.29. The first-order valence-corrected chi connectivity index (χ1v) is 18.9. The minimum atomic E-state index is -4.61. The fourth-order valence-corrected chi connectivity index (χ4v) is 5.08. The van der Waals surface area contributed by atoms with Crippen LogP contribution in [-0.4, -0.2) is 65.7 Å². The molecule has 0 aliphatic heterocycles. The van der Waals surface area contributed by atoms with Crippen molar-refractivity contribution in [3.8, 4) is 0 Å². The van der Waals surface area contributed by atoms with Crippen molar-refractivity contribution in [3.05, 3.63) is 36.5 Å². The number of allylic oxidation sites excluding steroid dienone is 6. The van der Waals surface area contributed by atoms with Crippen molar-refractivity contribution >= 4 is 19.8 Å². The lowest BCUT2D eigenvalue weighted by Gasteiger charge is -2.20. The molecule has 0 saturated carbocycles. The van der Waals surface area contributed by atoms with Gasteiger partial charge in [0.2, 0.25) is 0 Å². The minimum absolute atomic E-state index is 0.136. The molecule has 0 rings (SSSR count). The molecule has 10 nitrogen and oxygen atoms in total. The Morgan fingerprint density at radius 3 is 1.74 bits per heavy atom. The third-order valence-corrected chi connectivity index (χ3v) is 8.00. The summed E-state index contributed by atoms with van der Waals surface area (Å²) in [6, 6.07) is 0. The van der Waals surface area contributed by atoms with Gasteiger partial charge in [0.05, 0.1) is 19.8 Å². The van der Waals surface area contributed by atoms with Crippen molar-refractivity contribution in [2.45, 2.75) is 148 Å². The summed E-state index contributed by atoms with van der Waals surface area (Å²) in [4.78, 5) is 34.6. The average Bonchev–Trinajstić information content (AvgIpc) is 3.04. The SMILES string of the molecule is CCCCC/C=C/C/C=C/C/C=C/CCCCC(=O)O[C@H](COC(=O)CCCCCCCCCC)COP(=O)(O)OC[C@@H](O)CO. The van der Waals surface area contributed by atoms with E-state index in [1.807, 2.05) is 0 Å². The molecule has 0 saturated heterocycles. The fraction of sp³-hybridized carbons (Fsp3) is 0.771. The third-order valence-electron chi connectivity index (χ3n) is 7.05. The maximum Gasteiger partial charge on any atom is 0.472 e. The number of phosphoric ester groups is 1. The summed E-state index contributed by atoms with van der Waals surface area (Å²) in [5, 5.41) is 18.2. The van der Waals surface area contributed by atoms with Gasteiger partial charge in [0.25, 0.3) is 0 Å². The minimum Gasteiger partial charge on any atom is -0.462 e. The van der Waals surface area contributed by atoms with Gasteiger partial charge in [-0.3, -0.25) is 18.6 Å². The number of hydrogen-bond acceptors (Lipinski definition) is 9. The van der Waals surface area contributed by atoms with Crippen LogP contribution in [0.25, 0.3) is 0 Å². The van der Waals surface area contributed by atoms with Gasteiger partial charge in [-0.15, -0.1) is 0 Å². The van der Waals surface area contributed by atoms with Gasteiger partial charge in [-0.25, -0.2) is 4.57 Å². The molecule has 0 aromatic heterocycles. The topological polar surface area (TPSA) is 149 Å². The number of aliphatic hydroxyl groups excluding tert-OH is 2. The number of hydrogen-bond donors (Lipinski definition) is 3. The Morgan fingerprint density at radius 2 is 1.13 bits per heavy atom. The zero-order valence-corrected chi connectivity index (χ0v) is 29.4. The molecule has 0 aliphatic rings. The highest BCUT2D eigenvalue weighted by atomic mass is 31.2. The molecule has 1 unspecified atom stereocenters. The average molecular weight is 675 g/mol. The van der Waals surface area contributed by atoms with E-state index in [4.69, 9.17) is 19.1 Å². The van der Waals surface area contributed by atoms with Crippen LogP contribution in [0.1, 0.15) is 136 Å². The van der Waals surface area contributed by atoms with E-state index in [9.17, 15) is 24.2 Å². The molecule has 11 heteroatoms. The first kappa shape index (κ1) is 44.2. The number of ether oxygens (including phenoxy) is 2. The van der Waals surface area contributed by atoms with Crippen molar-refractivity contribution in [1.29, 1.82) is 0 Å². The molecule has 3 N–H and O–H groups in total. The second-order valence-electron chi connectivity index (χ2n) is 11.5. The molecule has 0 fully saturated rings. The Labute approximate surface area is 278 Å². The van der Waals surface area contributed by atoms with E-state index in [1.165, 1.54) is 44.9 Å². The lowest BCUT2D eigenvalue weighted by atomic mass is 10.1. The van der Waals surface area contributed by atoms with E-state index in [0.717, 1.165) is 51.4 Å². The van der Waals surface area contributed by atoms with Gasteiger partial charge in [-0.1, -0.05) is 108 Å². The van der Waals surface area contributed by atoms with Crippen LogP contribution in [0.2, 0.25) is 0 Å². The van der Waals surface area contributed by atoms with Crippen molar-refractivity contribution in [2.24, 2.45) is 0 Å². The summed E-state index contributed by atoms with van der Waals surface area (Å²) >= 11 is 0. The van der Waals surface area contributed by atoms with Crippen LogP contribution < -0.4 is 0 Å². The normalized spacial score (nSPS) is 14.6. The van der Waals surface area contributed by atoms with E-state index in [0.29, 0.717) is 12.8 Å². The van der Waals surface area contributed by atoms with Crippen LogP contribution >= 0.6 is 7.82 Å².